The first kappa shape index (κ1) is 16.2. The minimum absolute atomic E-state index is 0.188. The molecule has 112 valence electrons. The molecule has 6 nitrogen and oxygen atoms in total. The maximum absolute atomic E-state index is 11.5. The lowest BCUT2D eigenvalue weighted by Crippen LogP contribution is -2.45. The maximum atomic E-state index is 11.5. The molecule has 0 atom stereocenters. The normalized spacial score (nSPS) is 12.2. The number of nitrogens with one attached hydrogen (secondary N) is 2. The van der Waals surface area contributed by atoms with E-state index in [0.717, 1.165) is 11.4 Å². The SMILES string of the molecule is CNc1nc(C(C)(C)C)nc(NC(C)(C)C(N)=O)c1C. The van der Waals surface area contributed by atoms with Crippen LogP contribution in [-0.4, -0.2) is 28.5 Å². The van der Waals surface area contributed by atoms with Crippen LogP contribution in [-0.2, 0) is 10.2 Å². The van der Waals surface area contributed by atoms with Gasteiger partial charge in [0.1, 0.15) is 23.0 Å². The van der Waals surface area contributed by atoms with Gasteiger partial charge < -0.3 is 16.4 Å². The van der Waals surface area contributed by atoms with Crippen LogP contribution >= 0.6 is 0 Å². The van der Waals surface area contributed by atoms with Crippen molar-refractivity contribution in [3.8, 4) is 0 Å². The van der Waals surface area contributed by atoms with Crippen LogP contribution < -0.4 is 16.4 Å². The van der Waals surface area contributed by atoms with Crippen LogP contribution in [0.15, 0.2) is 0 Å². The molecule has 4 N–H and O–H groups in total. The Labute approximate surface area is 120 Å². The molecule has 0 spiro atoms. The molecule has 0 aliphatic carbocycles. The van der Waals surface area contributed by atoms with E-state index in [4.69, 9.17) is 5.73 Å². The summed E-state index contributed by atoms with van der Waals surface area (Å²) >= 11 is 0. The van der Waals surface area contributed by atoms with E-state index in [1.54, 1.807) is 13.8 Å². The Morgan fingerprint density at radius 1 is 1.10 bits per heavy atom. The van der Waals surface area contributed by atoms with Gasteiger partial charge in [-0.15, -0.1) is 0 Å². The number of carbonyl (C=O) groups excluding carboxylic acids is 1. The number of rotatable bonds is 4. The Balaban J connectivity index is 3.35. The number of aromatic nitrogens is 2. The van der Waals surface area contributed by atoms with E-state index in [1.165, 1.54) is 0 Å². The Bertz CT molecular complexity index is 517. The van der Waals surface area contributed by atoms with Gasteiger partial charge in [0.2, 0.25) is 5.91 Å². The lowest BCUT2D eigenvalue weighted by Gasteiger charge is -2.26. The van der Waals surface area contributed by atoms with Crippen LogP contribution in [0.2, 0.25) is 0 Å². The van der Waals surface area contributed by atoms with Gasteiger partial charge >= 0.3 is 0 Å². The van der Waals surface area contributed by atoms with Crippen molar-refractivity contribution in [3.63, 3.8) is 0 Å². The zero-order valence-corrected chi connectivity index (χ0v) is 13.4. The van der Waals surface area contributed by atoms with Crippen LogP contribution in [0.4, 0.5) is 11.6 Å². The van der Waals surface area contributed by atoms with Gasteiger partial charge in [0.25, 0.3) is 0 Å². The highest BCUT2D eigenvalue weighted by molar-refractivity contribution is 5.87. The molecule has 0 radical (unpaired) electrons. The molecule has 0 aromatic carbocycles. The third-order valence-electron chi connectivity index (χ3n) is 3.10. The van der Waals surface area contributed by atoms with E-state index >= 15 is 0 Å². The van der Waals surface area contributed by atoms with Crippen LogP contribution in [0.1, 0.15) is 46.0 Å². The van der Waals surface area contributed by atoms with Gasteiger partial charge in [-0.1, -0.05) is 20.8 Å². The van der Waals surface area contributed by atoms with Crippen molar-refractivity contribution in [1.82, 2.24) is 9.97 Å². The van der Waals surface area contributed by atoms with Gasteiger partial charge in [-0.3, -0.25) is 4.79 Å². The minimum Gasteiger partial charge on any atom is -0.373 e. The van der Waals surface area contributed by atoms with E-state index in [0.29, 0.717) is 11.6 Å². The first-order valence-corrected chi connectivity index (χ1v) is 6.64. The average molecular weight is 279 g/mol. The number of anilines is 2. The molecule has 20 heavy (non-hydrogen) atoms. The van der Waals surface area contributed by atoms with Crippen molar-refractivity contribution in [3.05, 3.63) is 11.4 Å². The lowest BCUT2D eigenvalue weighted by molar-refractivity contribution is -0.121. The number of primary amides is 1. The predicted octanol–water partition coefficient (Wildman–Crippen LogP) is 1.80. The summed E-state index contributed by atoms with van der Waals surface area (Å²) in [5.41, 5.74) is 5.19. The molecular formula is C14H25N5O. The predicted molar refractivity (Wildman–Crippen MR) is 81.9 cm³/mol. The van der Waals surface area contributed by atoms with E-state index in [9.17, 15) is 4.79 Å². The third kappa shape index (κ3) is 3.37. The summed E-state index contributed by atoms with van der Waals surface area (Å²) in [6.07, 6.45) is 0. The number of carbonyl (C=O) groups is 1. The molecule has 0 saturated heterocycles. The zero-order chi connectivity index (χ0) is 15.7. The molecule has 1 rings (SSSR count). The standard InChI is InChI=1S/C14H25N5O/c1-8-9(16-7)17-12(13(2,3)4)18-10(8)19-14(5,6)11(15)20/h1-7H3,(H2,15,20)(H2,16,17,18,19). The second-order valence-electron chi connectivity index (χ2n) is 6.48. The van der Waals surface area contributed by atoms with Crippen molar-refractivity contribution in [1.29, 1.82) is 0 Å². The highest BCUT2D eigenvalue weighted by Gasteiger charge is 2.28. The number of nitrogens with two attached hydrogens (primary N) is 1. The Morgan fingerprint density at radius 2 is 1.60 bits per heavy atom. The van der Waals surface area contributed by atoms with Crippen molar-refractivity contribution in [2.75, 3.05) is 17.7 Å². The molecule has 1 aromatic heterocycles. The van der Waals surface area contributed by atoms with Crippen LogP contribution in [0.5, 0.6) is 0 Å². The third-order valence-corrected chi connectivity index (χ3v) is 3.10. The van der Waals surface area contributed by atoms with Crippen LogP contribution in [0, 0.1) is 6.92 Å². The molecule has 1 amide bonds. The van der Waals surface area contributed by atoms with Crippen molar-refractivity contribution in [2.45, 2.75) is 52.5 Å². The molecule has 0 aliphatic heterocycles. The zero-order valence-electron chi connectivity index (χ0n) is 13.4. The Morgan fingerprint density at radius 3 is 2.00 bits per heavy atom. The number of amides is 1. The number of hydrogen-bond donors (Lipinski definition) is 3. The van der Waals surface area contributed by atoms with Gasteiger partial charge in [0, 0.05) is 18.0 Å². The molecule has 6 heteroatoms. The largest absolute Gasteiger partial charge is 0.373 e. The summed E-state index contributed by atoms with van der Waals surface area (Å²) < 4.78 is 0. The molecule has 1 aromatic rings. The fourth-order valence-corrected chi connectivity index (χ4v) is 1.57. The van der Waals surface area contributed by atoms with E-state index < -0.39 is 11.4 Å². The second-order valence-corrected chi connectivity index (χ2v) is 6.48. The van der Waals surface area contributed by atoms with E-state index in [1.807, 2.05) is 34.7 Å². The summed E-state index contributed by atoms with van der Waals surface area (Å²) in [7, 11) is 1.81. The van der Waals surface area contributed by atoms with Crippen LogP contribution in [0.25, 0.3) is 0 Å². The van der Waals surface area contributed by atoms with Crippen LogP contribution in [0.3, 0.4) is 0 Å². The highest BCUT2D eigenvalue weighted by atomic mass is 16.1. The number of hydrogen-bond acceptors (Lipinski definition) is 5. The summed E-state index contributed by atoms with van der Waals surface area (Å²) in [5, 5.41) is 6.16. The molecule has 0 saturated carbocycles. The molecule has 0 bridgehead atoms. The maximum Gasteiger partial charge on any atom is 0.242 e. The molecule has 1 heterocycles. The fourth-order valence-electron chi connectivity index (χ4n) is 1.57. The monoisotopic (exact) mass is 279 g/mol. The van der Waals surface area contributed by atoms with Crippen molar-refractivity contribution in [2.24, 2.45) is 5.73 Å². The highest BCUT2D eigenvalue weighted by Crippen LogP contribution is 2.27. The smallest absolute Gasteiger partial charge is 0.242 e. The first-order chi connectivity index (χ1) is 8.99. The van der Waals surface area contributed by atoms with Gasteiger partial charge in [-0.25, -0.2) is 9.97 Å². The van der Waals surface area contributed by atoms with E-state index in [2.05, 4.69) is 20.6 Å². The van der Waals surface area contributed by atoms with Gasteiger partial charge in [0.15, 0.2) is 0 Å². The minimum atomic E-state index is -0.876. The number of nitrogens with zero attached hydrogens (tertiary/aromatic N) is 2. The summed E-state index contributed by atoms with van der Waals surface area (Å²) in [5.74, 6) is 1.64. The topological polar surface area (TPSA) is 92.9 Å². The van der Waals surface area contributed by atoms with Gasteiger partial charge in [-0.05, 0) is 20.8 Å². The summed E-state index contributed by atoms with van der Waals surface area (Å²) in [4.78, 5) is 20.5. The molecular weight excluding hydrogens is 254 g/mol. The van der Waals surface area contributed by atoms with Crippen molar-refractivity contribution < 1.29 is 4.79 Å². The van der Waals surface area contributed by atoms with E-state index in [-0.39, 0.29) is 5.41 Å². The molecule has 0 unspecified atom stereocenters. The quantitative estimate of drug-likeness (QED) is 0.781. The molecule has 0 fully saturated rings. The second kappa shape index (κ2) is 5.26. The Kier molecular flexibility index (Phi) is 4.27. The lowest BCUT2D eigenvalue weighted by atomic mass is 9.95. The first-order valence-electron chi connectivity index (χ1n) is 6.64. The average Bonchev–Trinajstić information content (AvgIpc) is 2.29. The van der Waals surface area contributed by atoms with Gasteiger partial charge in [-0.2, -0.15) is 0 Å². The summed E-state index contributed by atoms with van der Waals surface area (Å²) in [6, 6.07) is 0. The van der Waals surface area contributed by atoms with Gasteiger partial charge in [0.05, 0.1) is 0 Å². The summed E-state index contributed by atoms with van der Waals surface area (Å²) in [6.45, 7) is 11.5. The Hall–Kier alpha value is -1.85. The fraction of sp³-hybridized carbons (Fsp3) is 0.643. The van der Waals surface area contributed by atoms with Crippen molar-refractivity contribution >= 4 is 17.5 Å². The molecule has 0 aliphatic rings.